The Labute approximate surface area is 38.8 Å². The Hall–Kier alpha value is 1.04. The van der Waals surface area contributed by atoms with Gasteiger partial charge in [0, 0.05) is 0 Å². The second-order valence-corrected chi connectivity index (χ2v) is 3.06. The van der Waals surface area contributed by atoms with Crippen molar-refractivity contribution in [2.45, 2.75) is 0 Å². The molecule has 0 saturated carbocycles. The van der Waals surface area contributed by atoms with Crippen LogP contribution in [0.5, 0.6) is 0 Å². The van der Waals surface area contributed by atoms with Crippen molar-refractivity contribution in [1.29, 1.82) is 0 Å². The Morgan fingerprint density at radius 3 is 2.25 bits per heavy atom. The minimum atomic E-state index is -0.491. The number of aliphatic hydroxyl groups excluding tert-OH is 1. The molecule has 0 aliphatic carbocycles. The molecule has 0 aromatic heterocycles. The number of halogens is 1. The van der Waals surface area contributed by atoms with Crippen molar-refractivity contribution in [3.05, 3.63) is 0 Å². The van der Waals surface area contributed by atoms with Crippen molar-refractivity contribution < 1.29 is 5.11 Å². The Bertz CT molecular complexity index is 10.0. The van der Waals surface area contributed by atoms with Gasteiger partial charge < -0.3 is 0 Å². The van der Waals surface area contributed by atoms with E-state index in [0.717, 1.165) is 0 Å². The second kappa shape index (κ2) is 4.04. The fourth-order valence-electron chi connectivity index (χ4n) is 0. The van der Waals surface area contributed by atoms with E-state index >= 15 is 0 Å². The Kier molecular flexibility index (Phi) is 5.09. The Balaban J connectivity index is 1.97. The first-order valence-corrected chi connectivity index (χ1v) is 5.36. The molecule has 1 nitrogen and oxygen atoms in total. The zero-order valence-electron chi connectivity index (χ0n) is 1.94. The van der Waals surface area contributed by atoms with Gasteiger partial charge in [-0.05, 0) is 0 Å². The molecule has 0 heterocycles. The molecule has 0 rings (SSSR count). The molecule has 0 saturated heterocycles. The number of rotatable bonds is 1. The summed E-state index contributed by atoms with van der Waals surface area (Å²) in [7, 11) is 5.07. The first kappa shape index (κ1) is 5.04. The van der Waals surface area contributed by atoms with Crippen LogP contribution in [0.1, 0.15) is 0 Å². The molecule has 0 spiro atoms. The van der Waals surface area contributed by atoms with E-state index in [-0.39, 0.29) is 4.65 Å². The van der Waals surface area contributed by atoms with Crippen molar-refractivity contribution in [1.82, 2.24) is 0 Å². The van der Waals surface area contributed by atoms with E-state index in [4.69, 9.17) is 14.1 Å². The standard InChI is InChI=1S/CH3ClOTe/c2-4-1-3/h3H,1H2. The summed E-state index contributed by atoms with van der Waals surface area (Å²) in [6.45, 7) is 0. The molecule has 1 N–H and O–H groups in total. The van der Waals surface area contributed by atoms with Gasteiger partial charge in [0.15, 0.2) is 0 Å². The van der Waals surface area contributed by atoms with Gasteiger partial charge in [0.2, 0.25) is 0 Å². The first-order valence-electron chi connectivity index (χ1n) is 0.759. The zero-order valence-corrected chi connectivity index (χ0v) is 5.03. The van der Waals surface area contributed by atoms with Crippen molar-refractivity contribution in [3.63, 3.8) is 0 Å². The first-order chi connectivity index (χ1) is 1.91. The third kappa shape index (κ3) is 3.04. The van der Waals surface area contributed by atoms with Crippen LogP contribution in [-0.4, -0.2) is 29.6 Å². The van der Waals surface area contributed by atoms with Crippen LogP contribution in [0.3, 0.4) is 0 Å². The molecular weight excluding hydrogens is 191 g/mol. The molecule has 4 heavy (non-hydrogen) atoms. The van der Waals surface area contributed by atoms with Crippen LogP contribution in [0.25, 0.3) is 0 Å². The van der Waals surface area contributed by atoms with Gasteiger partial charge in [-0.25, -0.2) is 0 Å². The average Bonchev–Trinajstić information content (AvgIpc) is 1.37. The van der Waals surface area contributed by atoms with Crippen LogP contribution in [-0.2, 0) is 0 Å². The van der Waals surface area contributed by atoms with Gasteiger partial charge in [-0.15, -0.1) is 0 Å². The second-order valence-electron chi connectivity index (χ2n) is 0.238. The maximum atomic E-state index is 7.80. The predicted molar refractivity (Wildman–Crippen MR) is 18.7 cm³/mol. The quantitative estimate of drug-likeness (QED) is 0.573. The third-order valence-corrected chi connectivity index (χ3v) is 0.982. The van der Waals surface area contributed by atoms with Crippen LogP contribution in [0.2, 0.25) is 0 Å². The van der Waals surface area contributed by atoms with E-state index in [1.165, 1.54) is 0 Å². The van der Waals surface area contributed by atoms with Gasteiger partial charge in [0.25, 0.3) is 0 Å². The maximum absolute atomic E-state index is 7.80. The fourth-order valence-corrected chi connectivity index (χ4v) is 0. The van der Waals surface area contributed by atoms with Gasteiger partial charge >= 0.3 is 38.5 Å². The van der Waals surface area contributed by atoms with Crippen molar-refractivity contribution >= 4 is 28.8 Å². The van der Waals surface area contributed by atoms with Gasteiger partial charge in [0.1, 0.15) is 0 Å². The molecule has 26 valence electrons. The molecule has 0 bridgehead atoms. The monoisotopic (exact) mass is 196 g/mol. The molecule has 0 radical (unpaired) electrons. The van der Waals surface area contributed by atoms with Gasteiger partial charge in [-0.3, -0.25) is 0 Å². The fraction of sp³-hybridized carbons (Fsp3) is 1.00. The zero-order chi connectivity index (χ0) is 3.41. The predicted octanol–water partition coefficient (Wildman–Crippen LogP) is -0.206. The van der Waals surface area contributed by atoms with E-state index < -0.39 is 19.8 Å². The molecule has 0 atom stereocenters. The summed E-state index contributed by atoms with van der Waals surface area (Å²) >= 11 is -0.491. The topological polar surface area (TPSA) is 20.2 Å². The van der Waals surface area contributed by atoms with Crippen LogP contribution in [0, 0.1) is 0 Å². The SMILES string of the molecule is OC[Te]Cl. The van der Waals surface area contributed by atoms with E-state index in [2.05, 4.69) is 0 Å². The molecule has 0 aliphatic heterocycles. The third-order valence-electron chi connectivity index (χ3n) is 0.0488. The molecule has 0 aromatic rings. The van der Waals surface area contributed by atoms with Crippen LogP contribution >= 0.6 is 8.96 Å². The molecule has 0 fully saturated rings. The number of hydrogen-bond donors (Lipinski definition) is 1. The summed E-state index contributed by atoms with van der Waals surface area (Å²) < 4.78 is 0.215. The number of aliphatic hydroxyl groups is 1. The van der Waals surface area contributed by atoms with Crippen LogP contribution in [0.15, 0.2) is 0 Å². The van der Waals surface area contributed by atoms with Gasteiger partial charge in [0.05, 0.1) is 0 Å². The van der Waals surface area contributed by atoms with Crippen LogP contribution < -0.4 is 0 Å². The summed E-state index contributed by atoms with van der Waals surface area (Å²) in [6.07, 6.45) is 0. The van der Waals surface area contributed by atoms with Crippen molar-refractivity contribution in [3.8, 4) is 0 Å². The van der Waals surface area contributed by atoms with Crippen molar-refractivity contribution in [2.24, 2.45) is 0 Å². The van der Waals surface area contributed by atoms with Gasteiger partial charge in [-0.2, -0.15) is 0 Å². The molecule has 0 aromatic carbocycles. The summed E-state index contributed by atoms with van der Waals surface area (Å²) in [5, 5.41) is 7.80. The summed E-state index contributed by atoms with van der Waals surface area (Å²) in [5.41, 5.74) is 0. The van der Waals surface area contributed by atoms with Gasteiger partial charge in [-0.1, -0.05) is 0 Å². The minimum absolute atomic E-state index is 0.215. The van der Waals surface area contributed by atoms with E-state index in [9.17, 15) is 0 Å². The molecule has 3 heteroatoms. The molecule has 0 amide bonds. The Morgan fingerprint density at radius 1 is 2.00 bits per heavy atom. The molecular formula is CH3ClOTe. The molecule has 0 aliphatic rings. The number of hydrogen-bond acceptors (Lipinski definition) is 1. The normalized spacial score (nSPS) is 7.50. The Morgan fingerprint density at radius 2 is 2.25 bits per heavy atom. The van der Waals surface area contributed by atoms with E-state index in [1.54, 1.807) is 0 Å². The summed E-state index contributed by atoms with van der Waals surface area (Å²) in [5.74, 6) is 0. The summed E-state index contributed by atoms with van der Waals surface area (Å²) in [4.78, 5) is 0. The van der Waals surface area contributed by atoms with Crippen molar-refractivity contribution in [2.75, 3.05) is 4.65 Å². The summed E-state index contributed by atoms with van der Waals surface area (Å²) in [6, 6.07) is 0. The molecule has 0 unspecified atom stereocenters. The average molecular weight is 194 g/mol. The van der Waals surface area contributed by atoms with E-state index in [0.29, 0.717) is 0 Å². The van der Waals surface area contributed by atoms with E-state index in [1.807, 2.05) is 0 Å². The van der Waals surface area contributed by atoms with Crippen LogP contribution in [0.4, 0.5) is 0 Å².